The van der Waals surface area contributed by atoms with Crippen molar-refractivity contribution < 1.29 is 0 Å². The van der Waals surface area contributed by atoms with Gasteiger partial charge in [-0.1, -0.05) is 31.7 Å². The van der Waals surface area contributed by atoms with Crippen molar-refractivity contribution in [2.75, 3.05) is 6.54 Å². The van der Waals surface area contributed by atoms with Crippen LogP contribution < -0.4 is 5.32 Å². The summed E-state index contributed by atoms with van der Waals surface area (Å²) in [5.74, 6) is 0. The highest BCUT2D eigenvalue weighted by molar-refractivity contribution is 5.81. The Morgan fingerprint density at radius 3 is 2.71 bits per heavy atom. The van der Waals surface area contributed by atoms with Crippen molar-refractivity contribution in [1.82, 2.24) is 9.88 Å². The minimum absolute atomic E-state index is 0.698. The molecule has 1 N–H and O–H groups in total. The Hall–Kier alpha value is -1.79. The number of nitrogens with zero attached hydrogens (tertiary/aromatic N) is 2. The van der Waals surface area contributed by atoms with Gasteiger partial charge in [-0.05, 0) is 36.4 Å². The fourth-order valence-electron chi connectivity index (χ4n) is 3.32. The van der Waals surface area contributed by atoms with Crippen LogP contribution in [0.4, 0.5) is 0 Å². The Morgan fingerprint density at radius 1 is 1.14 bits per heavy atom. The molecule has 1 heterocycles. The van der Waals surface area contributed by atoms with Crippen LogP contribution in [0.25, 0.3) is 10.9 Å². The van der Waals surface area contributed by atoms with Crippen molar-refractivity contribution in [1.29, 1.82) is 5.26 Å². The average molecular weight is 281 g/mol. The fourth-order valence-corrected chi connectivity index (χ4v) is 3.32. The number of rotatable bonds is 4. The highest BCUT2D eigenvalue weighted by Crippen LogP contribution is 2.18. The summed E-state index contributed by atoms with van der Waals surface area (Å²) in [4.78, 5) is 0. The zero-order chi connectivity index (χ0) is 14.5. The largest absolute Gasteiger partial charge is 0.346 e. The third-order valence-corrected chi connectivity index (χ3v) is 4.54. The van der Waals surface area contributed by atoms with E-state index in [2.05, 4.69) is 28.2 Å². The first-order chi connectivity index (χ1) is 10.4. The molecule has 1 fully saturated rings. The second-order valence-corrected chi connectivity index (χ2v) is 6.04. The molecule has 0 radical (unpaired) electrons. The molecule has 1 aromatic carbocycles. The zero-order valence-electron chi connectivity index (χ0n) is 12.5. The van der Waals surface area contributed by atoms with Crippen molar-refractivity contribution in [2.45, 2.75) is 51.1 Å². The number of fused-ring (bicyclic) bond motifs is 1. The first-order valence-corrected chi connectivity index (χ1v) is 8.09. The van der Waals surface area contributed by atoms with Gasteiger partial charge in [0.05, 0.1) is 11.6 Å². The number of aromatic nitrogens is 1. The quantitative estimate of drug-likeness (QED) is 0.865. The molecule has 1 aliphatic carbocycles. The summed E-state index contributed by atoms with van der Waals surface area (Å²) in [5.41, 5.74) is 1.90. The van der Waals surface area contributed by atoms with E-state index >= 15 is 0 Å². The normalized spacial score (nSPS) is 16.7. The van der Waals surface area contributed by atoms with E-state index in [1.54, 1.807) is 0 Å². The SMILES string of the molecule is N#Cc1ccc2ccn(CCNC3CCCCCC3)c2c1. The van der Waals surface area contributed by atoms with Crippen LogP contribution in [0.3, 0.4) is 0 Å². The summed E-state index contributed by atoms with van der Waals surface area (Å²) in [7, 11) is 0. The smallest absolute Gasteiger partial charge is 0.0992 e. The van der Waals surface area contributed by atoms with Crippen LogP contribution in [-0.2, 0) is 6.54 Å². The van der Waals surface area contributed by atoms with Crippen molar-refractivity contribution in [3.05, 3.63) is 36.0 Å². The molecule has 1 saturated carbocycles. The van der Waals surface area contributed by atoms with Crippen LogP contribution in [0.15, 0.2) is 30.5 Å². The molecule has 0 saturated heterocycles. The van der Waals surface area contributed by atoms with E-state index < -0.39 is 0 Å². The summed E-state index contributed by atoms with van der Waals surface area (Å²) in [6.45, 7) is 1.97. The van der Waals surface area contributed by atoms with Crippen LogP contribution in [0, 0.1) is 11.3 Å². The summed E-state index contributed by atoms with van der Waals surface area (Å²) in [6, 6.07) is 11.0. The summed E-state index contributed by atoms with van der Waals surface area (Å²) < 4.78 is 2.25. The highest BCUT2D eigenvalue weighted by Gasteiger charge is 2.11. The Balaban J connectivity index is 1.61. The van der Waals surface area contributed by atoms with E-state index in [9.17, 15) is 0 Å². The van der Waals surface area contributed by atoms with E-state index in [1.807, 2.05) is 18.2 Å². The van der Waals surface area contributed by atoms with E-state index in [0.29, 0.717) is 6.04 Å². The minimum atomic E-state index is 0.698. The highest BCUT2D eigenvalue weighted by atomic mass is 15.0. The fraction of sp³-hybridized carbons (Fsp3) is 0.500. The lowest BCUT2D eigenvalue weighted by atomic mass is 10.1. The lowest BCUT2D eigenvalue weighted by molar-refractivity contribution is 0.447. The van der Waals surface area contributed by atoms with Crippen LogP contribution in [0.1, 0.15) is 44.1 Å². The molecular weight excluding hydrogens is 258 g/mol. The van der Waals surface area contributed by atoms with Gasteiger partial charge >= 0.3 is 0 Å². The second-order valence-electron chi connectivity index (χ2n) is 6.04. The Bertz CT molecular complexity index is 627. The van der Waals surface area contributed by atoms with Crippen molar-refractivity contribution in [3.8, 4) is 6.07 Å². The molecule has 110 valence electrons. The number of nitriles is 1. The van der Waals surface area contributed by atoms with E-state index in [1.165, 1.54) is 43.9 Å². The molecule has 2 aromatic rings. The van der Waals surface area contributed by atoms with Crippen LogP contribution >= 0.6 is 0 Å². The Morgan fingerprint density at radius 2 is 1.95 bits per heavy atom. The average Bonchev–Trinajstić information content (AvgIpc) is 2.73. The monoisotopic (exact) mass is 281 g/mol. The second kappa shape index (κ2) is 6.78. The van der Waals surface area contributed by atoms with Gasteiger partial charge < -0.3 is 9.88 Å². The van der Waals surface area contributed by atoms with Gasteiger partial charge in [0, 0.05) is 30.8 Å². The van der Waals surface area contributed by atoms with Crippen molar-refractivity contribution in [2.24, 2.45) is 0 Å². The van der Waals surface area contributed by atoms with Gasteiger partial charge in [-0.15, -0.1) is 0 Å². The lowest BCUT2D eigenvalue weighted by Gasteiger charge is -2.16. The molecule has 0 bridgehead atoms. The summed E-state index contributed by atoms with van der Waals surface area (Å²) >= 11 is 0. The standard InChI is InChI=1S/C18H23N3/c19-14-15-7-8-16-9-11-21(18(16)13-15)12-10-20-17-5-3-1-2-4-6-17/h7-9,11,13,17,20H,1-6,10,12H2. The third kappa shape index (κ3) is 3.46. The minimum Gasteiger partial charge on any atom is -0.346 e. The molecule has 1 aliphatic rings. The molecule has 3 heteroatoms. The molecule has 21 heavy (non-hydrogen) atoms. The molecule has 1 aromatic heterocycles. The van der Waals surface area contributed by atoms with Crippen LogP contribution in [-0.4, -0.2) is 17.2 Å². The molecule has 3 rings (SSSR count). The maximum absolute atomic E-state index is 9.03. The maximum atomic E-state index is 9.03. The molecule has 0 atom stereocenters. The van der Waals surface area contributed by atoms with E-state index in [-0.39, 0.29) is 0 Å². The summed E-state index contributed by atoms with van der Waals surface area (Å²) in [6.07, 6.45) is 10.3. The lowest BCUT2D eigenvalue weighted by Crippen LogP contribution is -2.31. The Kier molecular flexibility index (Phi) is 4.57. The van der Waals surface area contributed by atoms with Crippen LogP contribution in [0.2, 0.25) is 0 Å². The number of hydrogen-bond acceptors (Lipinski definition) is 2. The molecule has 0 aliphatic heterocycles. The van der Waals surface area contributed by atoms with E-state index in [0.717, 1.165) is 24.2 Å². The first-order valence-electron chi connectivity index (χ1n) is 8.09. The van der Waals surface area contributed by atoms with Gasteiger partial charge in [0.2, 0.25) is 0 Å². The predicted molar refractivity (Wildman–Crippen MR) is 86.1 cm³/mol. The molecule has 0 unspecified atom stereocenters. The van der Waals surface area contributed by atoms with E-state index in [4.69, 9.17) is 5.26 Å². The third-order valence-electron chi connectivity index (χ3n) is 4.54. The predicted octanol–water partition coefficient (Wildman–Crippen LogP) is 3.83. The number of hydrogen-bond donors (Lipinski definition) is 1. The van der Waals surface area contributed by atoms with Crippen molar-refractivity contribution >= 4 is 10.9 Å². The maximum Gasteiger partial charge on any atom is 0.0992 e. The van der Waals surface area contributed by atoms with Gasteiger partial charge in [0.1, 0.15) is 0 Å². The number of nitrogens with one attached hydrogen (secondary N) is 1. The van der Waals surface area contributed by atoms with Gasteiger partial charge in [-0.2, -0.15) is 5.26 Å². The van der Waals surface area contributed by atoms with Gasteiger partial charge in [-0.3, -0.25) is 0 Å². The van der Waals surface area contributed by atoms with Gasteiger partial charge in [0.15, 0.2) is 0 Å². The van der Waals surface area contributed by atoms with Crippen molar-refractivity contribution in [3.63, 3.8) is 0 Å². The number of benzene rings is 1. The topological polar surface area (TPSA) is 40.8 Å². The van der Waals surface area contributed by atoms with Gasteiger partial charge in [-0.25, -0.2) is 0 Å². The molecule has 0 spiro atoms. The molecule has 3 nitrogen and oxygen atoms in total. The summed E-state index contributed by atoms with van der Waals surface area (Å²) in [5, 5.41) is 13.9. The molecular formula is C18H23N3. The van der Waals surface area contributed by atoms with Gasteiger partial charge in [0.25, 0.3) is 0 Å². The van der Waals surface area contributed by atoms with Crippen LogP contribution in [0.5, 0.6) is 0 Å². The molecule has 0 amide bonds. The first kappa shape index (κ1) is 14.2. The Labute approximate surface area is 126 Å². The zero-order valence-corrected chi connectivity index (χ0v) is 12.5.